The van der Waals surface area contributed by atoms with Gasteiger partial charge in [0.05, 0.1) is 5.52 Å². The van der Waals surface area contributed by atoms with Crippen LogP contribution in [0.5, 0.6) is 0 Å². The van der Waals surface area contributed by atoms with E-state index in [4.69, 9.17) is 0 Å². The van der Waals surface area contributed by atoms with E-state index in [2.05, 4.69) is 20.6 Å². The maximum atomic E-state index is 4.06. The van der Waals surface area contributed by atoms with Crippen molar-refractivity contribution in [2.24, 2.45) is 4.99 Å². The molecule has 5 heteroatoms. The van der Waals surface area contributed by atoms with Crippen LogP contribution in [0.25, 0.3) is 11.0 Å². The van der Waals surface area contributed by atoms with Crippen LogP contribution in [0.4, 0.5) is 0 Å². The Bertz CT molecular complexity index is 537. The van der Waals surface area contributed by atoms with Gasteiger partial charge in [0, 0.05) is 12.4 Å². The summed E-state index contributed by atoms with van der Waals surface area (Å²) < 4.78 is 1.62. The van der Waals surface area contributed by atoms with E-state index in [0.717, 1.165) is 11.0 Å². The lowest BCUT2D eigenvalue weighted by Gasteiger charge is -1.97. The monoisotopic (exact) mass is 184 g/mol. The number of benzene rings is 1. The first-order valence-electron chi connectivity index (χ1n) is 4.20. The third kappa shape index (κ3) is 0.922. The Balaban J connectivity index is 2.22. The summed E-state index contributed by atoms with van der Waals surface area (Å²) in [6.07, 6.45) is 3.26. The van der Waals surface area contributed by atoms with Gasteiger partial charge in [-0.3, -0.25) is 0 Å². The molecule has 1 aliphatic rings. The molecular formula is C9H6N5. The minimum atomic E-state index is 0.554. The van der Waals surface area contributed by atoms with Crippen molar-refractivity contribution >= 4 is 17.0 Å². The molecule has 14 heavy (non-hydrogen) atoms. The van der Waals surface area contributed by atoms with Gasteiger partial charge < -0.3 is 0 Å². The fourth-order valence-electron chi connectivity index (χ4n) is 1.36. The molecule has 0 fully saturated rings. The van der Waals surface area contributed by atoms with E-state index in [9.17, 15) is 0 Å². The standard InChI is InChI=1S/C9H6N5/c1-2-4-8-7(3-1)12-13-14(8)9-10-5-6-11-9/h1-6H. The first-order valence-corrected chi connectivity index (χ1v) is 4.20. The highest BCUT2D eigenvalue weighted by Gasteiger charge is 2.10. The zero-order valence-electron chi connectivity index (χ0n) is 7.20. The second-order valence-corrected chi connectivity index (χ2v) is 2.85. The van der Waals surface area contributed by atoms with Crippen molar-refractivity contribution in [3.05, 3.63) is 36.7 Å². The quantitative estimate of drug-likeness (QED) is 0.605. The average molecular weight is 184 g/mol. The summed E-state index contributed by atoms with van der Waals surface area (Å²) >= 11 is 0. The largest absolute Gasteiger partial charge is 0.252 e. The highest BCUT2D eigenvalue weighted by molar-refractivity contribution is 5.92. The Morgan fingerprint density at radius 2 is 2.00 bits per heavy atom. The van der Waals surface area contributed by atoms with E-state index < -0.39 is 0 Å². The first-order chi connectivity index (χ1) is 6.95. The molecule has 0 amide bonds. The van der Waals surface area contributed by atoms with Crippen molar-refractivity contribution < 1.29 is 0 Å². The molecule has 0 unspecified atom stereocenters. The second kappa shape index (κ2) is 2.66. The lowest BCUT2D eigenvalue weighted by Crippen LogP contribution is -2.18. The van der Waals surface area contributed by atoms with E-state index in [1.807, 2.05) is 24.3 Å². The van der Waals surface area contributed by atoms with Gasteiger partial charge in [0.1, 0.15) is 5.52 Å². The van der Waals surface area contributed by atoms with Crippen molar-refractivity contribution in [3.8, 4) is 0 Å². The summed E-state index contributed by atoms with van der Waals surface area (Å²) in [7, 11) is 0. The Morgan fingerprint density at radius 1 is 1.07 bits per heavy atom. The fraction of sp³-hybridized carbons (Fsp3) is 0. The van der Waals surface area contributed by atoms with Crippen molar-refractivity contribution in [3.63, 3.8) is 0 Å². The lowest BCUT2D eigenvalue weighted by molar-refractivity contribution is 0.841. The number of aromatic nitrogens is 3. The van der Waals surface area contributed by atoms with Crippen LogP contribution < -0.4 is 5.32 Å². The lowest BCUT2D eigenvalue weighted by atomic mass is 10.3. The molecule has 0 saturated carbocycles. The predicted molar refractivity (Wildman–Crippen MR) is 51.6 cm³/mol. The molecule has 0 N–H and O–H groups in total. The third-order valence-corrected chi connectivity index (χ3v) is 1.99. The zero-order valence-corrected chi connectivity index (χ0v) is 7.20. The normalized spacial score (nSPS) is 14.4. The van der Waals surface area contributed by atoms with E-state index in [-0.39, 0.29) is 0 Å². The minimum Gasteiger partial charge on any atom is -0.218 e. The smallest absolute Gasteiger partial charge is 0.218 e. The summed E-state index contributed by atoms with van der Waals surface area (Å²) in [6, 6.07) is 7.70. The maximum absolute atomic E-state index is 4.06. The molecule has 2 aromatic rings. The van der Waals surface area contributed by atoms with E-state index in [0.29, 0.717) is 5.96 Å². The minimum absolute atomic E-state index is 0.554. The first kappa shape index (κ1) is 7.25. The van der Waals surface area contributed by atoms with Crippen LogP contribution in [0.1, 0.15) is 0 Å². The zero-order chi connectivity index (χ0) is 9.38. The van der Waals surface area contributed by atoms with Crippen LogP contribution in [-0.4, -0.2) is 21.0 Å². The summed E-state index contributed by atoms with van der Waals surface area (Å²) in [5.41, 5.74) is 1.76. The fourth-order valence-corrected chi connectivity index (χ4v) is 1.36. The second-order valence-electron chi connectivity index (χ2n) is 2.85. The molecular weight excluding hydrogens is 178 g/mol. The predicted octanol–water partition coefficient (Wildman–Crippen LogP) is 0.725. The van der Waals surface area contributed by atoms with Crippen molar-refractivity contribution in [1.82, 2.24) is 20.3 Å². The molecule has 1 radical (unpaired) electrons. The number of aliphatic imine (C=N–C) groups is 1. The van der Waals surface area contributed by atoms with Crippen molar-refractivity contribution in [2.75, 3.05) is 0 Å². The van der Waals surface area contributed by atoms with Crippen LogP contribution in [-0.2, 0) is 0 Å². The van der Waals surface area contributed by atoms with Gasteiger partial charge in [-0.2, -0.15) is 4.68 Å². The number of para-hydroxylation sites is 1. The highest BCUT2D eigenvalue weighted by atomic mass is 15.5. The van der Waals surface area contributed by atoms with Gasteiger partial charge in [0.15, 0.2) is 0 Å². The van der Waals surface area contributed by atoms with Gasteiger partial charge in [-0.05, 0) is 12.1 Å². The van der Waals surface area contributed by atoms with Crippen molar-refractivity contribution in [2.45, 2.75) is 0 Å². The molecule has 0 aliphatic carbocycles. The number of rotatable bonds is 0. The van der Waals surface area contributed by atoms with Gasteiger partial charge in [-0.25, -0.2) is 10.3 Å². The third-order valence-electron chi connectivity index (χ3n) is 1.99. The number of fused-ring (bicyclic) bond motifs is 1. The molecule has 0 saturated heterocycles. The Labute approximate surface area is 79.8 Å². The van der Waals surface area contributed by atoms with Gasteiger partial charge in [0.25, 0.3) is 5.96 Å². The molecule has 0 spiro atoms. The molecule has 0 bridgehead atoms. The van der Waals surface area contributed by atoms with E-state index in [1.165, 1.54) is 0 Å². The van der Waals surface area contributed by atoms with E-state index in [1.54, 1.807) is 17.1 Å². The highest BCUT2D eigenvalue weighted by Crippen LogP contribution is 2.10. The topological polar surface area (TPSA) is 57.2 Å². The summed E-state index contributed by atoms with van der Waals surface area (Å²) in [5, 5.41) is 12.0. The van der Waals surface area contributed by atoms with Crippen LogP contribution >= 0.6 is 0 Å². The summed E-state index contributed by atoms with van der Waals surface area (Å²) in [6.45, 7) is 0. The van der Waals surface area contributed by atoms with Crippen LogP contribution in [0.15, 0.2) is 41.7 Å². The molecule has 1 aliphatic heterocycles. The molecule has 2 heterocycles. The molecule has 3 rings (SSSR count). The van der Waals surface area contributed by atoms with Gasteiger partial charge in [0.2, 0.25) is 0 Å². The molecule has 67 valence electrons. The van der Waals surface area contributed by atoms with Crippen LogP contribution in [0.3, 0.4) is 0 Å². The Hall–Kier alpha value is -2.17. The number of nitrogens with zero attached hydrogens (tertiary/aromatic N) is 5. The SMILES string of the molecule is C1=CN=C(n2nnc3ccccc32)[N]1. The Morgan fingerprint density at radius 3 is 2.86 bits per heavy atom. The Kier molecular flexibility index (Phi) is 1.38. The summed E-state index contributed by atoms with van der Waals surface area (Å²) in [4.78, 5) is 4.06. The van der Waals surface area contributed by atoms with Crippen molar-refractivity contribution in [1.29, 1.82) is 0 Å². The van der Waals surface area contributed by atoms with Crippen LogP contribution in [0.2, 0.25) is 0 Å². The molecule has 0 atom stereocenters. The molecule has 5 nitrogen and oxygen atoms in total. The van der Waals surface area contributed by atoms with E-state index >= 15 is 0 Å². The molecule has 1 aromatic heterocycles. The van der Waals surface area contributed by atoms with Gasteiger partial charge in [-0.1, -0.05) is 17.3 Å². The van der Waals surface area contributed by atoms with Crippen LogP contribution in [0, 0.1) is 0 Å². The molecule has 1 aromatic carbocycles. The number of hydrogen-bond acceptors (Lipinski definition) is 3. The number of hydrogen-bond donors (Lipinski definition) is 0. The summed E-state index contributed by atoms with van der Waals surface area (Å²) in [5.74, 6) is 0.554. The van der Waals surface area contributed by atoms with Gasteiger partial charge in [-0.15, -0.1) is 5.10 Å². The van der Waals surface area contributed by atoms with Gasteiger partial charge >= 0.3 is 0 Å². The maximum Gasteiger partial charge on any atom is 0.252 e. The average Bonchev–Trinajstić information content (AvgIpc) is 2.85.